The highest BCUT2D eigenvalue weighted by Gasteiger charge is 2.40. The Kier molecular flexibility index (Phi) is 6.03. The third-order valence-corrected chi connectivity index (χ3v) is 5.08. The molecule has 0 bridgehead atoms. The highest BCUT2D eigenvalue weighted by atomic mass is 32.2. The predicted octanol–water partition coefficient (Wildman–Crippen LogP) is 2.42. The number of aromatic hydroxyl groups is 2. The molecule has 2 aromatic carbocycles. The average molecular weight is 415 g/mol. The number of hydrogen-bond acceptors (Lipinski definition) is 8. The third-order valence-electron chi connectivity index (χ3n) is 3.96. The zero-order valence-corrected chi connectivity index (χ0v) is 16.0. The first-order valence-electron chi connectivity index (χ1n) is 8.38. The molecule has 1 aliphatic heterocycles. The number of phenolic OH excluding ortho intramolecular Hbond substituents is 2. The lowest BCUT2D eigenvalue weighted by atomic mass is 10.2. The molecule has 0 radical (unpaired) electrons. The van der Waals surface area contributed by atoms with Gasteiger partial charge < -0.3 is 20.1 Å². The molecule has 1 heterocycles. The summed E-state index contributed by atoms with van der Waals surface area (Å²) in [7, 11) is 1.43. The number of amidine groups is 1. The Balaban J connectivity index is 1.89. The topological polar surface area (TPSA) is 132 Å². The Morgan fingerprint density at radius 2 is 1.97 bits per heavy atom. The predicted molar refractivity (Wildman–Crippen MR) is 109 cm³/mol. The van der Waals surface area contributed by atoms with Crippen LogP contribution < -0.4 is 9.64 Å². The number of phenols is 2. The monoisotopic (exact) mass is 415 g/mol. The SMILES string of the molecule is COc1cc(/C=N\N=C2/SC(CC(=O)O)C(=O)N2c2ccc(O)cc2)ccc1O. The van der Waals surface area contributed by atoms with E-state index in [1.807, 2.05) is 0 Å². The highest BCUT2D eigenvalue weighted by molar-refractivity contribution is 8.16. The molecule has 2 aromatic rings. The molecule has 1 atom stereocenters. The molecule has 1 unspecified atom stereocenters. The summed E-state index contributed by atoms with van der Waals surface area (Å²) in [5, 5.41) is 35.6. The zero-order chi connectivity index (χ0) is 21.0. The van der Waals surface area contributed by atoms with Crippen LogP contribution in [-0.2, 0) is 9.59 Å². The smallest absolute Gasteiger partial charge is 0.305 e. The van der Waals surface area contributed by atoms with Crippen molar-refractivity contribution in [3.05, 3.63) is 48.0 Å². The van der Waals surface area contributed by atoms with Crippen molar-refractivity contribution in [2.45, 2.75) is 11.7 Å². The molecular weight excluding hydrogens is 398 g/mol. The van der Waals surface area contributed by atoms with Crippen LogP contribution in [0.25, 0.3) is 0 Å². The Bertz CT molecular complexity index is 990. The van der Waals surface area contributed by atoms with Gasteiger partial charge in [-0.3, -0.25) is 14.5 Å². The maximum Gasteiger partial charge on any atom is 0.305 e. The van der Waals surface area contributed by atoms with Gasteiger partial charge in [0.2, 0.25) is 5.91 Å². The summed E-state index contributed by atoms with van der Waals surface area (Å²) < 4.78 is 5.03. The lowest BCUT2D eigenvalue weighted by Crippen LogP contribution is -2.32. The number of benzene rings is 2. The van der Waals surface area contributed by atoms with Gasteiger partial charge in [-0.2, -0.15) is 5.10 Å². The first kappa shape index (κ1) is 20.2. The number of rotatable bonds is 6. The molecular formula is C19H17N3O6S. The lowest BCUT2D eigenvalue weighted by molar-refractivity contribution is -0.138. The fraction of sp³-hybridized carbons (Fsp3) is 0.158. The minimum Gasteiger partial charge on any atom is -0.508 e. The molecule has 29 heavy (non-hydrogen) atoms. The van der Waals surface area contributed by atoms with E-state index >= 15 is 0 Å². The molecule has 1 saturated heterocycles. The van der Waals surface area contributed by atoms with Crippen molar-refractivity contribution in [2.75, 3.05) is 12.0 Å². The Morgan fingerprint density at radius 1 is 1.24 bits per heavy atom. The van der Waals surface area contributed by atoms with Gasteiger partial charge in [0.15, 0.2) is 16.7 Å². The number of carboxylic acids is 1. The van der Waals surface area contributed by atoms with Gasteiger partial charge in [0, 0.05) is 0 Å². The summed E-state index contributed by atoms with van der Waals surface area (Å²) in [5.74, 6) is -1.22. The van der Waals surface area contributed by atoms with E-state index in [-0.39, 0.29) is 28.8 Å². The van der Waals surface area contributed by atoms with Crippen molar-refractivity contribution in [1.82, 2.24) is 0 Å². The second-order valence-corrected chi connectivity index (χ2v) is 7.12. The molecule has 0 aliphatic carbocycles. The summed E-state index contributed by atoms with van der Waals surface area (Å²) in [6.45, 7) is 0. The summed E-state index contributed by atoms with van der Waals surface area (Å²) in [6.07, 6.45) is 1.06. The van der Waals surface area contributed by atoms with E-state index < -0.39 is 17.1 Å². The van der Waals surface area contributed by atoms with Crippen LogP contribution in [0.2, 0.25) is 0 Å². The van der Waals surface area contributed by atoms with Crippen LogP contribution >= 0.6 is 11.8 Å². The zero-order valence-electron chi connectivity index (χ0n) is 15.2. The van der Waals surface area contributed by atoms with Gasteiger partial charge in [0.1, 0.15) is 11.0 Å². The molecule has 9 nitrogen and oxygen atoms in total. The standard InChI is InChI=1S/C19H17N3O6S/c1-28-15-8-11(2-7-14(15)24)10-20-21-19-22(12-3-5-13(23)6-4-12)18(27)16(29-19)9-17(25)26/h2-8,10,16,23-24H,9H2,1H3,(H,25,26)/b20-10-,21-19-. The van der Waals surface area contributed by atoms with E-state index in [0.29, 0.717) is 11.3 Å². The minimum atomic E-state index is -1.09. The van der Waals surface area contributed by atoms with E-state index in [1.54, 1.807) is 12.1 Å². The average Bonchev–Trinajstić information content (AvgIpc) is 2.98. The minimum absolute atomic E-state index is 0.0112. The van der Waals surface area contributed by atoms with Gasteiger partial charge in [-0.25, -0.2) is 0 Å². The number of methoxy groups -OCH3 is 1. The fourth-order valence-electron chi connectivity index (χ4n) is 2.58. The van der Waals surface area contributed by atoms with Crippen molar-refractivity contribution in [3.8, 4) is 17.2 Å². The lowest BCUT2D eigenvalue weighted by Gasteiger charge is -2.15. The highest BCUT2D eigenvalue weighted by Crippen LogP contribution is 2.34. The molecule has 3 rings (SSSR count). The Hall–Kier alpha value is -3.53. The van der Waals surface area contributed by atoms with E-state index in [0.717, 1.165) is 11.8 Å². The third kappa shape index (κ3) is 4.66. The number of carbonyl (C=O) groups is 2. The largest absolute Gasteiger partial charge is 0.508 e. The molecule has 1 amide bonds. The number of hydrogen-bond donors (Lipinski definition) is 3. The van der Waals surface area contributed by atoms with Crippen LogP contribution in [0.4, 0.5) is 5.69 Å². The normalized spacial score (nSPS) is 18.0. The van der Waals surface area contributed by atoms with Crippen molar-refractivity contribution in [3.63, 3.8) is 0 Å². The van der Waals surface area contributed by atoms with Crippen LogP contribution in [0.3, 0.4) is 0 Å². The van der Waals surface area contributed by atoms with Crippen molar-refractivity contribution in [2.24, 2.45) is 10.2 Å². The molecule has 0 aromatic heterocycles. The number of aliphatic carboxylic acids is 1. The molecule has 1 aliphatic rings. The van der Waals surface area contributed by atoms with Gasteiger partial charge in [0.05, 0.1) is 25.4 Å². The number of carboxylic acid groups (broad SMARTS) is 1. The van der Waals surface area contributed by atoms with Crippen LogP contribution in [0.15, 0.2) is 52.7 Å². The number of carbonyl (C=O) groups excluding carboxylic acids is 1. The van der Waals surface area contributed by atoms with E-state index in [2.05, 4.69) is 10.2 Å². The number of nitrogens with zero attached hydrogens (tertiary/aromatic N) is 3. The van der Waals surface area contributed by atoms with Gasteiger partial charge in [-0.15, -0.1) is 5.10 Å². The number of anilines is 1. The van der Waals surface area contributed by atoms with Crippen molar-refractivity contribution < 1.29 is 29.6 Å². The van der Waals surface area contributed by atoms with Crippen molar-refractivity contribution >= 4 is 40.7 Å². The van der Waals surface area contributed by atoms with Gasteiger partial charge in [0.25, 0.3) is 0 Å². The van der Waals surface area contributed by atoms with E-state index in [4.69, 9.17) is 9.84 Å². The van der Waals surface area contributed by atoms with Gasteiger partial charge in [-0.05, 0) is 48.0 Å². The first-order valence-corrected chi connectivity index (χ1v) is 9.26. The van der Waals surface area contributed by atoms with E-state index in [9.17, 15) is 19.8 Å². The summed E-state index contributed by atoms with van der Waals surface area (Å²) >= 11 is 1.00. The van der Waals surface area contributed by atoms with Gasteiger partial charge >= 0.3 is 5.97 Å². The Labute approximate surface area is 170 Å². The van der Waals surface area contributed by atoms with Crippen LogP contribution in [0, 0.1) is 0 Å². The van der Waals surface area contributed by atoms with Crippen LogP contribution in [0.5, 0.6) is 17.2 Å². The maximum atomic E-state index is 12.7. The number of ether oxygens (including phenoxy) is 1. The van der Waals surface area contributed by atoms with Crippen LogP contribution in [-0.4, -0.2) is 50.9 Å². The van der Waals surface area contributed by atoms with Crippen molar-refractivity contribution in [1.29, 1.82) is 0 Å². The second-order valence-electron chi connectivity index (χ2n) is 5.95. The first-order chi connectivity index (χ1) is 13.9. The number of thioether (sulfide) groups is 1. The number of amides is 1. The molecule has 10 heteroatoms. The molecule has 3 N–H and O–H groups in total. The summed E-state index contributed by atoms with van der Waals surface area (Å²) in [4.78, 5) is 25.0. The second kappa shape index (κ2) is 8.65. The maximum absolute atomic E-state index is 12.7. The Morgan fingerprint density at radius 3 is 2.62 bits per heavy atom. The summed E-state index contributed by atoms with van der Waals surface area (Å²) in [6, 6.07) is 10.5. The quantitative estimate of drug-likeness (QED) is 0.487. The summed E-state index contributed by atoms with van der Waals surface area (Å²) in [5.41, 5.74) is 1.05. The molecule has 0 spiro atoms. The van der Waals surface area contributed by atoms with Crippen LogP contribution in [0.1, 0.15) is 12.0 Å². The molecule has 1 fully saturated rings. The molecule has 150 valence electrons. The molecule has 0 saturated carbocycles. The fourth-order valence-corrected chi connectivity index (χ4v) is 3.66. The van der Waals surface area contributed by atoms with Gasteiger partial charge in [-0.1, -0.05) is 11.8 Å². The van der Waals surface area contributed by atoms with E-state index in [1.165, 1.54) is 48.6 Å².